The van der Waals surface area contributed by atoms with Crippen molar-refractivity contribution < 1.29 is 5.11 Å². The average molecular weight is 259 g/mol. The molecule has 1 aromatic carbocycles. The minimum atomic E-state index is 0.148. The van der Waals surface area contributed by atoms with Crippen molar-refractivity contribution in [1.82, 2.24) is 0 Å². The molecule has 3 heteroatoms. The lowest BCUT2D eigenvalue weighted by Gasteiger charge is -1.98. The summed E-state index contributed by atoms with van der Waals surface area (Å²) in [4.78, 5) is 0. The Morgan fingerprint density at radius 3 is 2.82 bits per heavy atom. The second-order valence-electron chi connectivity index (χ2n) is 2.09. The van der Waals surface area contributed by atoms with Gasteiger partial charge >= 0.3 is 0 Å². The van der Waals surface area contributed by atoms with Crippen molar-refractivity contribution in [1.29, 1.82) is 5.26 Å². The van der Waals surface area contributed by atoms with Crippen molar-refractivity contribution >= 4 is 22.6 Å². The zero-order valence-corrected chi connectivity index (χ0v) is 7.87. The maximum atomic E-state index is 9.01. The number of benzene rings is 1. The van der Waals surface area contributed by atoms with Gasteiger partial charge in [0.2, 0.25) is 0 Å². The molecule has 0 fully saturated rings. The number of halogens is 1. The first kappa shape index (κ1) is 8.34. The lowest BCUT2D eigenvalue weighted by molar-refractivity contribution is 0.475. The molecular weight excluding hydrogens is 253 g/mol. The van der Waals surface area contributed by atoms with Crippen LogP contribution in [-0.4, -0.2) is 5.11 Å². The summed E-state index contributed by atoms with van der Waals surface area (Å²) in [5.74, 6) is 0.148. The number of rotatable bonds is 1. The molecule has 0 amide bonds. The summed E-state index contributed by atoms with van der Waals surface area (Å²) in [6.45, 7) is 0. The molecule has 1 aromatic rings. The van der Waals surface area contributed by atoms with E-state index in [0.29, 0.717) is 5.56 Å². The minimum absolute atomic E-state index is 0.148. The predicted octanol–water partition coefficient (Wildman–Crippen LogP) is 2.20. The van der Waals surface area contributed by atoms with Crippen LogP contribution in [0.15, 0.2) is 18.2 Å². The molecule has 0 saturated heterocycles. The van der Waals surface area contributed by atoms with Crippen LogP contribution in [0.3, 0.4) is 0 Å². The zero-order valence-electron chi connectivity index (χ0n) is 5.71. The smallest absolute Gasteiger partial charge is 0.116 e. The van der Waals surface area contributed by atoms with Gasteiger partial charge in [-0.15, -0.1) is 0 Å². The molecule has 0 spiro atoms. The molecule has 0 aliphatic rings. The van der Waals surface area contributed by atoms with Gasteiger partial charge in [-0.25, -0.2) is 0 Å². The van der Waals surface area contributed by atoms with E-state index in [9.17, 15) is 0 Å². The second kappa shape index (κ2) is 3.58. The first-order valence-corrected chi connectivity index (χ1v) is 4.58. The Kier molecular flexibility index (Phi) is 2.71. The van der Waals surface area contributed by atoms with Crippen LogP contribution >= 0.6 is 22.6 Å². The van der Waals surface area contributed by atoms with E-state index in [1.54, 1.807) is 12.1 Å². The lowest BCUT2D eigenvalue weighted by atomic mass is 10.1. The third-order valence-electron chi connectivity index (χ3n) is 1.36. The van der Waals surface area contributed by atoms with Crippen LogP contribution in [0.1, 0.15) is 11.1 Å². The third kappa shape index (κ3) is 1.84. The van der Waals surface area contributed by atoms with Gasteiger partial charge in [0.15, 0.2) is 0 Å². The SMILES string of the molecule is N#Cc1cc(O)ccc1CI. The Balaban J connectivity index is 3.19. The molecule has 0 bridgehead atoms. The van der Waals surface area contributed by atoms with E-state index in [1.807, 2.05) is 6.07 Å². The summed E-state index contributed by atoms with van der Waals surface area (Å²) >= 11 is 2.18. The highest BCUT2D eigenvalue weighted by atomic mass is 127. The number of hydrogen-bond donors (Lipinski definition) is 1. The standard InChI is InChI=1S/C8H6INO/c9-4-6-1-2-8(11)3-7(6)5-10/h1-3,11H,4H2. The van der Waals surface area contributed by atoms with E-state index in [-0.39, 0.29) is 5.75 Å². The Hall–Kier alpha value is -0.760. The van der Waals surface area contributed by atoms with Gasteiger partial charge < -0.3 is 5.11 Å². The maximum Gasteiger partial charge on any atom is 0.116 e. The number of phenols is 1. The molecule has 1 rings (SSSR count). The van der Waals surface area contributed by atoms with Crippen LogP contribution in [0.4, 0.5) is 0 Å². The van der Waals surface area contributed by atoms with Crippen molar-refractivity contribution in [3.05, 3.63) is 29.3 Å². The van der Waals surface area contributed by atoms with Crippen molar-refractivity contribution in [2.75, 3.05) is 0 Å². The van der Waals surface area contributed by atoms with Crippen LogP contribution < -0.4 is 0 Å². The van der Waals surface area contributed by atoms with Crippen molar-refractivity contribution in [2.45, 2.75) is 4.43 Å². The molecule has 56 valence electrons. The fourth-order valence-electron chi connectivity index (χ4n) is 0.785. The molecular formula is C8H6INO. The van der Waals surface area contributed by atoms with Crippen LogP contribution in [0.2, 0.25) is 0 Å². The maximum absolute atomic E-state index is 9.01. The summed E-state index contributed by atoms with van der Waals surface area (Å²) in [6, 6.07) is 6.86. The normalized spacial score (nSPS) is 9.09. The van der Waals surface area contributed by atoms with E-state index < -0.39 is 0 Å². The highest BCUT2D eigenvalue weighted by molar-refractivity contribution is 14.1. The molecule has 0 saturated carbocycles. The van der Waals surface area contributed by atoms with Crippen LogP contribution in [0.25, 0.3) is 0 Å². The topological polar surface area (TPSA) is 44.0 Å². The largest absolute Gasteiger partial charge is 0.508 e. The summed E-state index contributed by atoms with van der Waals surface area (Å²) in [5.41, 5.74) is 1.52. The molecule has 0 unspecified atom stereocenters. The van der Waals surface area contributed by atoms with Crippen molar-refractivity contribution in [3.63, 3.8) is 0 Å². The van der Waals surface area contributed by atoms with Gasteiger partial charge in [0, 0.05) is 4.43 Å². The highest BCUT2D eigenvalue weighted by Gasteiger charge is 1.99. The summed E-state index contributed by atoms with van der Waals surface area (Å²) < 4.78 is 0.793. The first-order chi connectivity index (χ1) is 5.27. The number of nitriles is 1. The first-order valence-electron chi connectivity index (χ1n) is 3.06. The van der Waals surface area contributed by atoms with Crippen molar-refractivity contribution in [3.8, 4) is 11.8 Å². The Morgan fingerprint density at radius 2 is 2.27 bits per heavy atom. The summed E-state index contributed by atoms with van der Waals surface area (Å²) in [6.07, 6.45) is 0. The fourth-order valence-corrected chi connectivity index (χ4v) is 1.45. The molecule has 2 nitrogen and oxygen atoms in total. The molecule has 0 aromatic heterocycles. The van der Waals surface area contributed by atoms with Gasteiger partial charge in [0.05, 0.1) is 11.6 Å². The number of aromatic hydroxyl groups is 1. The van der Waals surface area contributed by atoms with E-state index in [4.69, 9.17) is 10.4 Å². The Morgan fingerprint density at radius 1 is 1.55 bits per heavy atom. The molecule has 1 N–H and O–H groups in total. The van der Waals surface area contributed by atoms with E-state index in [1.165, 1.54) is 6.07 Å². The van der Waals surface area contributed by atoms with Crippen LogP contribution in [-0.2, 0) is 4.43 Å². The number of hydrogen-bond acceptors (Lipinski definition) is 2. The van der Waals surface area contributed by atoms with Crippen LogP contribution in [0, 0.1) is 11.3 Å². The molecule has 0 atom stereocenters. The molecule has 0 aliphatic carbocycles. The van der Waals surface area contributed by atoms with Gasteiger partial charge in [-0.3, -0.25) is 0 Å². The monoisotopic (exact) mass is 259 g/mol. The van der Waals surface area contributed by atoms with Crippen LogP contribution in [0.5, 0.6) is 5.75 Å². The third-order valence-corrected chi connectivity index (χ3v) is 2.18. The van der Waals surface area contributed by atoms with Crippen molar-refractivity contribution in [2.24, 2.45) is 0 Å². The Bertz CT molecular complexity index is 303. The summed E-state index contributed by atoms with van der Waals surface area (Å²) in [5, 5.41) is 17.6. The molecule has 0 aliphatic heterocycles. The van der Waals surface area contributed by atoms with E-state index in [2.05, 4.69) is 22.6 Å². The zero-order chi connectivity index (χ0) is 8.27. The van der Waals surface area contributed by atoms with E-state index in [0.717, 1.165) is 9.99 Å². The molecule has 0 heterocycles. The number of alkyl halides is 1. The Labute approximate surface area is 78.6 Å². The predicted molar refractivity (Wildman–Crippen MR) is 50.5 cm³/mol. The van der Waals surface area contributed by atoms with Gasteiger partial charge in [0.25, 0.3) is 0 Å². The number of phenolic OH excluding ortho intramolecular Hbond substituents is 1. The van der Waals surface area contributed by atoms with E-state index >= 15 is 0 Å². The molecule has 0 radical (unpaired) electrons. The lowest BCUT2D eigenvalue weighted by Crippen LogP contribution is -1.83. The highest BCUT2D eigenvalue weighted by Crippen LogP contribution is 2.17. The average Bonchev–Trinajstić information content (AvgIpc) is 2.04. The second-order valence-corrected chi connectivity index (χ2v) is 2.85. The van der Waals surface area contributed by atoms with Gasteiger partial charge in [-0.2, -0.15) is 5.26 Å². The van der Waals surface area contributed by atoms with Gasteiger partial charge in [-0.1, -0.05) is 28.7 Å². The van der Waals surface area contributed by atoms with Gasteiger partial charge in [0.1, 0.15) is 5.75 Å². The summed E-state index contributed by atoms with van der Waals surface area (Å²) in [7, 11) is 0. The quantitative estimate of drug-likeness (QED) is 0.620. The van der Waals surface area contributed by atoms with Gasteiger partial charge in [-0.05, 0) is 17.7 Å². The number of nitrogens with zero attached hydrogens (tertiary/aromatic N) is 1. The minimum Gasteiger partial charge on any atom is -0.508 e. The molecule has 11 heavy (non-hydrogen) atoms. The fraction of sp³-hybridized carbons (Fsp3) is 0.125.